The van der Waals surface area contributed by atoms with Crippen LogP contribution in [0.4, 0.5) is 0 Å². The molecular formula is C42H30N2P2. The molecule has 0 saturated heterocycles. The first-order valence-electron chi connectivity index (χ1n) is 15.6. The highest BCUT2D eigenvalue weighted by Crippen LogP contribution is 2.52. The average molecular weight is 625 g/mol. The zero-order valence-electron chi connectivity index (χ0n) is 25.1. The number of nitrogens with one attached hydrogen (secondary N) is 2. The van der Waals surface area contributed by atoms with E-state index in [2.05, 4.69) is 179 Å². The van der Waals surface area contributed by atoms with Crippen LogP contribution in [0.25, 0.3) is 75.7 Å². The van der Waals surface area contributed by atoms with Gasteiger partial charge in [-0.15, -0.1) is 0 Å². The highest BCUT2D eigenvalue weighted by Gasteiger charge is 2.15. The van der Waals surface area contributed by atoms with Crippen molar-refractivity contribution in [3.05, 3.63) is 170 Å². The van der Waals surface area contributed by atoms with Gasteiger partial charge in [0.1, 0.15) is 0 Å². The Balaban J connectivity index is 1.30. The van der Waals surface area contributed by atoms with Crippen LogP contribution in [0.15, 0.2) is 170 Å². The van der Waals surface area contributed by atoms with Gasteiger partial charge in [0, 0.05) is 42.7 Å². The minimum absolute atomic E-state index is 0.817. The molecule has 4 heteroatoms. The first-order chi connectivity index (χ1) is 22.8. The van der Waals surface area contributed by atoms with Crippen molar-refractivity contribution in [3.8, 4) is 32.9 Å². The second kappa shape index (κ2) is 11.3. The third-order valence-electron chi connectivity index (χ3n) is 8.96. The van der Waals surface area contributed by atoms with Crippen molar-refractivity contribution >= 4 is 58.2 Å². The van der Waals surface area contributed by atoms with Gasteiger partial charge in [0.25, 0.3) is 0 Å². The largest absolute Gasteiger partial charge is 0.341 e. The van der Waals surface area contributed by atoms with E-state index >= 15 is 0 Å². The summed E-state index contributed by atoms with van der Waals surface area (Å²) in [5, 5.41) is 10.6. The SMILES string of the molecule is c1ccc(-c2ccc(-p3[nH]c4ccccc4c4cc5c(cc43)c3ccccc3[nH]p5-c3ccc(-c4ccccc4)cc3)cc2)cc1. The molecule has 9 rings (SSSR count). The van der Waals surface area contributed by atoms with Gasteiger partial charge in [0.15, 0.2) is 0 Å². The third kappa shape index (κ3) is 4.67. The van der Waals surface area contributed by atoms with E-state index in [9.17, 15) is 0 Å². The number of rotatable bonds is 4. The topological polar surface area (TPSA) is 31.6 Å². The molecule has 0 aliphatic carbocycles. The van der Waals surface area contributed by atoms with E-state index in [1.807, 2.05) is 0 Å². The van der Waals surface area contributed by atoms with E-state index < -0.39 is 15.4 Å². The molecule has 0 saturated carbocycles. The van der Waals surface area contributed by atoms with Crippen LogP contribution in [0.2, 0.25) is 0 Å². The lowest BCUT2D eigenvalue weighted by atomic mass is 10.1. The van der Waals surface area contributed by atoms with E-state index in [0.29, 0.717) is 0 Å². The monoisotopic (exact) mass is 624 g/mol. The lowest BCUT2D eigenvalue weighted by Crippen LogP contribution is -1.87. The minimum atomic E-state index is -0.817. The maximum atomic E-state index is 3.98. The number of fused-ring (bicyclic) bond motifs is 6. The quantitative estimate of drug-likeness (QED) is 0.144. The summed E-state index contributed by atoms with van der Waals surface area (Å²) in [6, 6.07) is 62.2. The predicted octanol–water partition coefficient (Wildman–Crippen LogP) is 13.4. The fraction of sp³-hybridized carbons (Fsp3) is 0. The molecule has 2 nitrogen and oxygen atoms in total. The second-order valence-corrected chi connectivity index (χ2v) is 15.5. The number of hydrogen-bond acceptors (Lipinski definition) is 0. The van der Waals surface area contributed by atoms with Crippen molar-refractivity contribution in [1.29, 1.82) is 0 Å². The zero-order chi connectivity index (χ0) is 30.5. The summed E-state index contributed by atoms with van der Waals surface area (Å²) < 4.78 is 7.96. The van der Waals surface area contributed by atoms with Gasteiger partial charge < -0.3 is 9.49 Å². The lowest BCUT2D eigenvalue weighted by molar-refractivity contribution is 1.61. The number of para-hydroxylation sites is 2. The van der Waals surface area contributed by atoms with Gasteiger partial charge in [-0.05, 0) is 96.9 Å². The molecule has 0 radical (unpaired) electrons. The Morgan fingerprint density at radius 2 is 0.652 bits per heavy atom. The van der Waals surface area contributed by atoms with Crippen LogP contribution in [0.1, 0.15) is 0 Å². The molecule has 0 spiro atoms. The Morgan fingerprint density at radius 1 is 0.304 bits per heavy atom. The first-order valence-corrected chi connectivity index (χ1v) is 18.3. The molecule has 46 heavy (non-hydrogen) atoms. The van der Waals surface area contributed by atoms with E-state index in [1.54, 1.807) is 0 Å². The molecule has 0 aliphatic heterocycles. The Bertz CT molecular complexity index is 2360. The zero-order valence-corrected chi connectivity index (χ0v) is 26.8. The lowest BCUT2D eigenvalue weighted by Gasteiger charge is -2.17. The van der Waals surface area contributed by atoms with Gasteiger partial charge in [-0.1, -0.05) is 121 Å². The van der Waals surface area contributed by atoms with E-state index in [0.717, 1.165) is 0 Å². The number of aromatic amines is 2. The van der Waals surface area contributed by atoms with Crippen LogP contribution in [0, 0.1) is 0 Å². The fourth-order valence-corrected chi connectivity index (χ4v) is 10.8. The van der Waals surface area contributed by atoms with Gasteiger partial charge in [-0.2, -0.15) is 0 Å². The van der Waals surface area contributed by atoms with Gasteiger partial charge in [0.05, 0.1) is 0 Å². The molecule has 2 heterocycles. The summed E-state index contributed by atoms with van der Waals surface area (Å²) in [5.41, 5.74) is 7.38. The maximum Gasteiger partial charge on any atom is 0.0492 e. The summed E-state index contributed by atoms with van der Waals surface area (Å²) >= 11 is 0. The Morgan fingerprint density at radius 3 is 1.07 bits per heavy atom. The number of aromatic nitrogens is 2. The van der Waals surface area contributed by atoms with Gasteiger partial charge in [-0.3, -0.25) is 0 Å². The standard InChI is InChI=1S/C42H30N2P2/c1-3-11-29(12-4-1)31-19-23-33(24-20-31)45-41-27-38-36-16-8-10-18-40(36)44-46(34-25-21-32(22-26-34)30-13-5-2-6-14-30)42(38)28-37(41)35-15-7-9-17-39(35)43-45/h1-28,43-44H. The van der Waals surface area contributed by atoms with Crippen molar-refractivity contribution in [1.82, 2.24) is 9.49 Å². The van der Waals surface area contributed by atoms with Crippen LogP contribution in [-0.2, 0) is 0 Å². The molecule has 7 aromatic carbocycles. The summed E-state index contributed by atoms with van der Waals surface area (Å²) in [6.07, 6.45) is 0. The van der Waals surface area contributed by atoms with E-state index in [-0.39, 0.29) is 0 Å². The summed E-state index contributed by atoms with van der Waals surface area (Å²) in [6.45, 7) is 0. The van der Waals surface area contributed by atoms with Gasteiger partial charge >= 0.3 is 0 Å². The predicted molar refractivity (Wildman–Crippen MR) is 202 cm³/mol. The van der Waals surface area contributed by atoms with E-state index in [4.69, 9.17) is 0 Å². The minimum Gasteiger partial charge on any atom is -0.341 e. The highest BCUT2D eigenvalue weighted by molar-refractivity contribution is 7.60. The summed E-state index contributed by atoms with van der Waals surface area (Å²) in [5.74, 6) is 0. The smallest absolute Gasteiger partial charge is 0.0492 e. The molecule has 0 fully saturated rings. The maximum absolute atomic E-state index is 3.98. The van der Waals surface area contributed by atoms with Crippen molar-refractivity contribution < 1.29 is 0 Å². The summed E-state index contributed by atoms with van der Waals surface area (Å²) in [4.78, 5) is 0. The number of benzene rings is 7. The van der Waals surface area contributed by atoms with Gasteiger partial charge in [0.2, 0.25) is 0 Å². The van der Waals surface area contributed by atoms with Crippen molar-refractivity contribution in [2.45, 2.75) is 0 Å². The Hall–Kier alpha value is -5.26. The highest BCUT2D eigenvalue weighted by atomic mass is 31.1. The molecule has 2 unspecified atom stereocenters. The van der Waals surface area contributed by atoms with Crippen LogP contribution in [-0.4, -0.2) is 9.49 Å². The number of H-pyrrole nitrogens is 2. The molecule has 0 bridgehead atoms. The molecule has 2 N–H and O–H groups in total. The summed E-state index contributed by atoms with van der Waals surface area (Å²) in [7, 11) is -1.63. The fourth-order valence-electron chi connectivity index (χ4n) is 6.64. The molecule has 0 amide bonds. The Labute approximate surface area is 269 Å². The van der Waals surface area contributed by atoms with E-state index in [1.165, 1.54) is 75.7 Å². The van der Waals surface area contributed by atoms with Crippen molar-refractivity contribution in [2.75, 3.05) is 0 Å². The van der Waals surface area contributed by atoms with Crippen LogP contribution in [0.3, 0.4) is 0 Å². The van der Waals surface area contributed by atoms with Crippen molar-refractivity contribution in [3.63, 3.8) is 0 Å². The Kier molecular flexibility index (Phi) is 6.64. The van der Waals surface area contributed by atoms with Crippen LogP contribution in [0.5, 0.6) is 0 Å². The average Bonchev–Trinajstić information content (AvgIpc) is 3.14. The molecule has 9 aromatic rings. The van der Waals surface area contributed by atoms with Crippen LogP contribution >= 0.6 is 15.4 Å². The first kappa shape index (κ1) is 27.1. The van der Waals surface area contributed by atoms with Crippen LogP contribution < -0.4 is 0 Å². The number of hydrogen-bond donors (Lipinski definition) is 2. The second-order valence-electron chi connectivity index (χ2n) is 11.7. The normalized spacial score (nSPS) is 12.3. The third-order valence-corrected chi connectivity index (χ3v) is 13.2. The molecular weight excluding hydrogens is 594 g/mol. The molecule has 218 valence electrons. The van der Waals surface area contributed by atoms with Crippen molar-refractivity contribution in [2.24, 2.45) is 0 Å². The molecule has 0 aliphatic rings. The molecule has 2 aromatic heterocycles. The van der Waals surface area contributed by atoms with Gasteiger partial charge in [-0.25, -0.2) is 0 Å². The molecule has 2 atom stereocenters.